The van der Waals surface area contributed by atoms with Crippen LogP contribution in [0.15, 0.2) is 18.3 Å². The van der Waals surface area contributed by atoms with E-state index >= 15 is 0 Å². The second kappa shape index (κ2) is 4.98. The van der Waals surface area contributed by atoms with Gasteiger partial charge in [-0.3, -0.25) is 4.79 Å². The van der Waals surface area contributed by atoms with Crippen molar-refractivity contribution in [3.63, 3.8) is 0 Å². The Balaban J connectivity index is 2.86. The third-order valence-corrected chi connectivity index (χ3v) is 2.37. The zero-order valence-electron chi connectivity index (χ0n) is 9.60. The van der Waals surface area contributed by atoms with Crippen molar-refractivity contribution in [2.24, 2.45) is 5.73 Å². The number of hydrogen-bond acceptors (Lipinski definition) is 2. The highest BCUT2D eigenvalue weighted by Crippen LogP contribution is 2.12. The Kier molecular flexibility index (Phi) is 3.91. The molecule has 0 saturated carbocycles. The lowest BCUT2D eigenvalue weighted by Crippen LogP contribution is -2.33. The van der Waals surface area contributed by atoms with Crippen LogP contribution < -0.4 is 5.73 Å². The number of carbonyl (C=O) groups excluding carboxylic acids is 1. The van der Waals surface area contributed by atoms with Gasteiger partial charge in [0.05, 0.1) is 0 Å². The van der Waals surface area contributed by atoms with Crippen LogP contribution >= 0.6 is 0 Å². The summed E-state index contributed by atoms with van der Waals surface area (Å²) in [5, 5.41) is 0. The predicted octanol–water partition coefficient (Wildman–Crippen LogP) is 1.10. The minimum atomic E-state index is 0.0270. The van der Waals surface area contributed by atoms with Crippen LogP contribution in [0.3, 0.4) is 0 Å². The Labute approximate surface area is 90.7 Å². The van der Waals surface area contributed by atoms with Crippen molar-refractivity contribution in [3.8, 4) is 0 Å². The molecule has 1 aromatic rings. The summed E-state index contributed by atoms with van der Waals surface area (Å²) >= 11 is 0. The van der Waals surface area contributed by atoms with Crippen molar-refractivity contribution in [2.45, 2.75) is 19.9 Å². The van der Waals surface area contributed by atoms with E-state index in [1.54, 1.807) is 11.9 Å². The van der Waals surface area contributed by atoms with Crippen molar-refractivity contribution in [3.05, 3.63) is 24.0 Å². The van der Waals surface area contributed by atoms with Crippen LogP contribution in [0.4, 0.5) is 0 Å². The van der Waals surface area contributed by atoms with Gasteiger partial charge in [0.15, 0.2) is 0 Å². The standard InChI is InChI=1S/C11H19N3O/c1-9(2)14-7-4-5-10(14)11(15)13(3)8-6-12/h4-5,7,9H,6,8,12H2,1-3H3. The van der Waals surface area contributed by atoms with E-state index in [0.29, 0.717) is 19.1 Å². The van der Waals surface area contributed by atoms with Gasteiger partial charge in [0.25, 0.3) is 5.91 Å². The van der Waals surface area contributed by atoms with Gasteiger partial charge < -0.3 is 15.2 Å². The fourth-order valence-electron chi connectivity index (χ4n) is 1.52. The summed E-state index contributed by atoms with van der Waals surface area (Å²) in [5.41, 5.74) is 6.14. The van der Waals surface area contributed by atoms with Crippen LogP contribution in [0.1, 0.15) is 30.4 Å². The molecule has 0 aromatic carbocycles. The molecule has 0 aliphatic carbocycles. The molecule has 0 spiro atoms. The predicted molar refractivity (Wildman–Crippen MR) is 60.8 cm³/mol. The highest BCUT2D eigenvalue weighted by molar-refractivity contribution is 5.92. The van der Waals surface area contributed by atoms with Gasteiger partial charge in [-0.25, -0.2) is 0 Å². The fourth-order valence-corrected chi connectivity index (χ4v) is 1.52. The molecule has 0 radical (unpaired) electrons. The van der Waals surface area contributed by atoms with E-state index in [9.17, 15) is 4.79 Å². The summed E-state index contributed by atoms with van der Waals surface area (Å²) in [6.45, 7) is 5.19. The number of likely N-dealkylation sites (N-methyl/N-ethyl adjacent to an activating group) is 1. The molecule has 0 bridgehead atoms. The molecule has 0 unspecified atom stereocenters. The summed E-state index contributed by atoms with van der Waals surface area (Å²) in [4.78, 5) is 13.6. The second-order valence-corrected chi connectivity index (χ2v) is 3.91. The van der Waals surface area contributed by atoms with E-state index in [2.05, 4.69) is 13.8 Å². The van der Waals surface area contributed by atoms with Gasteiger partial charge in [0, 0.05) is 32.4 Å². The molecule has 1 amide bonds. The van der Waals surface area contributed by atoms with E-state index in [1.165, 1.54) is 0 Å². The van der Waals surface area contributed by atoms with Gasteiger partial charge in [-0.05, 0) is 26.0 Å². The highest BCUT2D eigenvalue weighted by Gasteiger charge is 2.15. The van der Waals surface area contributed by atoms with E-state index in [4.69, 9.17) is 5.73 Å². The third kappa shape index (κ3) is 2.59. The van der Waals surface area contributed by atoms with Crippen molar-refractivity contribution < 1.29 is 4.79 Å². The van der Waals surface area contributed by atoms with Crippen molar-refractivity contribution in [1.29, 1.82) is 0 Å². The van der Waals surface area contributed by atoms with E-state index in [1.807, 2.05) is 22.9 Å². The minimum absolute atomic E-state index is 0.0270. The van der Waals surface area contributed by atoms with Crippen LogP contribution in [0.2, 0.25) is 0 Å². The molecule has 1 heterocycles. The maximum absolute atomic E-state index is 12.0. The molecule has 4 nitrogen and oxygen atoms in total. The van der Waals surface area contributed by atoms with Crippen LogP contribution in [-0.4, -0.2) is 35.5 Å². The average Bonchev–Trinajstić information content (AvgIpc) is 2.65. The third-order valence-electron chi connectivity index (χ3n) is 2.37. The molecule has 0 atom stereocenters. The maximum Gasteiger partial charge on any atom is 0.270 e. The fraction of sp³-hybridized carbons (Fsp3) is 0.545. The van der Waals surface area contributed by atoms with Crippen LogP contribution in [0.5, 0.6) is 0 Å². The average molecular weight is 209 g/mol. The topological polar surface area (TPSA) is 51.3 Å². The molecular weight excluding hydrogens is 190 g/mol. The quantitative estimate of drug-likeness (QED) is 0.807. The Hall–Kier alpha value is -1.29. The van der Waals surface area contributed by atoms with Gasteiger partial charge in [-0.15, -0.1) is 0 Å². The van der Waals surface area contributed by atoms with Crippen molar-refractivity contribution in [2.75, 3.05) is 20.1 Å². The molecule has 15 heavy (non-hydrogen) atoms. The molecule has 0 aliphatic rings. The SMILES string of the molecule is CC(C)n1cccc1C(=O)N(C)CCN. The first-order valence-corrected chi connectivity index (χ1v) is 5.20. The summed E-state index contributed by atoms with van der Waals surface area (Å²) < 4.78 is 1.97. The van der Waals surface area contributed by atoms with Crippen LogP contribution in [0, 0.1) is 0 Å². The van der Waals surface area contributed by atoms with E-state index < -0.39 is 0 Å². The number of rotatable bonds is 4. The highest BCUT2D eigenvalue weighted by atomic mass is 16.2. The Morgan fingerprint density at radius 3 is 2.80 bits per heavy atom. The normalized spacial score (nSPS) is 10.7. The first-order valence-electron chi connectivity index (χ1n) is 5.20. The zero-order chi connectivity index (χ0) is 11.4. The number of amides is 1. The Bertz CT molecular complexity index is 330. The van der Waals surface area contributed by atoms with Gasteiger partial charge in [0.1, 0.15) is 5.69 Å². The van der Waals surface area contributed by atoms with Crippen molar-refractivity contribution >= 4 is 5.91 Å². The minimum Gasteiger partial charge on any atom is -0.341 e. The molecule has 84 valence electrons. The monoisotopic (exact) mass is 209 g/mol. The Morgan fingerprint density at radius 2 is 2.27 bits per heavy atom. The Morgan fingerprint density at radius 1 is 1.60 bits per heavy atom. The zero-order valence-corrected chi connectivity index (χ0v) is 9.60. The molecule has 0 aliphatic heterocycles. The number of hydrogen-bond donors (Lipinski definition) is 1. The largest absolute Gasteiger partial charge is 0.341 e. The first kappa shape index (κ1) is 11.8. The molecule has 0 fully saturated rings. The van der Waals surface area contributed by atoms with Crippen molar-refractivity contribution in [1.82, 2.24) is 9.47 Å². The molecule has 4 heteroatoms. The van der Waals surface area contributed by atoms with Crippen LogP contribution in [-0.2, 0) is 0 Å². The number of carbonyl (C=O) groups is 1. The number of aromatic nitrogens is 1. The van der Waals surface area contributed by atoms with Gasteiger partial charge >= 0.3 is 0 Å². The second-order valence-electron chi connectivity index (χ2n) is 3.91. The van der Waals surface area contributed by atoms with Gasteiger partial charge in [-0.1, -0.05) is 0 Å². The molecule has 1 rings (SSSR count). The summed E-state index contributed by atoms with van der Waals surface area (Å²) in [7, 11) is 1.77. The smallest absolute Gasteiger partial charge is 0.270 e. The molecule has 1 aromatic heterocycles. The van der Waals surface area contributed by atoms with E-state index in [-0.39, 0.29) is 5.91 Å². The van der Waals surface area contributed by atoms with Gasteiger partial charge in [0.2, 0.25) is 0 Å². The van der Waals surface area contributed by atoms with Crippen LogP contribution in [0.25, 0.3) is 0 Å². The lowest BCUT2D eigenvalue weighted by atomic mass is 10.3. The first-order chi connectivity index (χ1) is 7.07. The van der Waals surface area contributed by atoms with Gasteiger partial charge in [-0.2, -0.15) is 0 Å². The van der Waals surface area contributed by atoms with E-state index in [0.717, 1.165) is 5.69 Å². The summed E-state index contributed by atoms with van der Waals surface area (Å²) in [6.07, 6.45) is 1.92. The maximum atomic E-state index is 12.0. The number of nitrogens with two attached hydrogens (primary N) is 1. The molecule has 2 N–H and O–H groups in total. The molecule has 0 saturated heterocycles. The number of nitrogens with zero attached hydrogens (tertiary/aromatic N) is 2. The summed E-state index contributed by atoms with van der Waals surface area (Å²) in [5.74, 6) is 0.0270. The molecular formula is C11H19N3O. The lowest BCUT2D eigenvalue weighted by molar-refractivity contribution is 0.0787. The lowest BCUT2D eigenvalue weighted by Gasteiger charge is -2.19. The summed E-state index contributed by atoms with van der Waals surface area (Å²) in [6, 6.07) is 4.03.